The van der Waals surface area contributed by atoms with Gasteiger partial charge in [0.25, 0.3) is 10.0 Å². The van der Waals surface area contributed by atoms with Gasteiger partial charge in [-0.3, -0.25) is 4.31 Å². The minimum atomic E-state index is -3.93. The molecule has 0 aliphatic rings. The minimum Gasteiger partial charge on any atom is -0.497 e. The maximum atomic E-state index is 13.6. The number of sulfonamides is 1. The molecule has 2 rings (SSSR count). The lowest BCUT2D eigenvalue weighted by Crippen LogP contribution is -2.37. The molecule has 0 aliphatic carbocycles. The van der Waals surface area contributed by atoms with E-state index in [-0.39, 0.29) is 16.5 Å². The van der Waals surface area contributed by atoms with E-state index in [4.69, 9.17) is 4.74 Å². The molecule has 0 heterocycles. The zero-order valence-corrected chi connectivity index (χ0v) is 15.5. The second kappa shape index (κ2) is 7.41. The smallest absolute Gasteiger partial charge is 0.264 e. The van der Waals surface area contributed by atoms with Crippen LogP contribution >= 0.6 is 0 Å². The molecule has 2 aromatic carbocycles. The van der Waals surface area contributed by atoms with Crippen LogP contribution in [0, 0.1) is 12.7 Å². The van der Waals surface area contributed by atoms with Crippen LogP contribution in [-0.4, -0.2) is 26.7 Å². The predicted molar refractivity (Wildman–Crippen MR) is 94.9 cm³/mol. The second-order valence-corrected chi connectivity index (χ2v) is 7.77. The number of anilines is 1. The summed E-state index contributed by atoms with van der Waals surface area (Å²) in [5.41, 5.74) is 1.20. The number of benzene rings is 2. The van der Waals surface area contributed by atoms with Crippen molar-refractivity contribution in [3.05, 3.63) is 53.3 Å². The van der Waals surface area contributed by atoms with Gasteiger partial charge >= 0.3 is 0 Å². The van der Waals surface area contributed by atoms with Crippen molar-refractivity contribution in [2.24, 2.45) is 0 Å². The quantitative estimate of drug-likeness (QED) is 0.851. The predicted octanol–water partition coefficient (Wildman–Crippen LogP) is 3.24. The van der Waals surface area contributed by atoms with Gasteiger partial charge in [0.05, 0.1) is 24.3 Å². The summed E-state index contributed by atoms with van der Waals surface area (Å²) in [4.78, 5) is -0.0677. The lowest BCUT2D eigenvalue weighted by Gasteiger charge is -2.30. The molecule has 7 heteroatoms. The summed E-state index contributed by atoms with van der Waals surface area (Å²) in [6.07, 6.45) is 0. The highest BCUT2D eigenvalue weighted by Gasteiger charge is 2.29. The van der Waals surface area contributed by atoms with Crippen LogP contribution in [0.3, 0.4) is 0 Å². The molecule has 0 saturated carbocycles. The van der Waals surface area contributed by atoms with E-state index in [0.29, 0.717) is 11.4 Å². The monoisotopic (exact) mass is 367 g/mol. The molecule has 0 spiro atoms. The summed E-state index contributed by atoms with van der Waals surface area (Å²) >= 11 is 0. The van der Waals surface area contributed by atoms with Gasteiger partial charge < -0.3 is 9.84 Å². The number of aliphatic hydroxyl groups is 1. The van der Waals surface area contributed by atoms with E-state index in [2.05, 4.69) is 0 Å². The van der Waals surface area contributed by atoms with Crippen LogP contribution in [0.15, 0.2) is 41.3 Å². The third-order valence-electron chi connectivity index (χ3n) is 3.85. The van der Waals surface area contributed by atoms with Crippen LogP contribution < -0.4 is 9.04 Å². The fourth-order valence-electron chi connectivity index (χ4n) is 2.63. The van der Waals surface area contributed by atoms with Gasteiger partial charge in [0.15, 0.2) is 0 Å². The number of nitrogens with zero attached hydrogens (tertiary/aromatic N) is 1. The second-order valence-electron chi connectivity index (χ2n) is 5.96. The van der Waals surface area contributed by atoms with Gasteiger partial charge in [0.1, 0.15) is 11.6 Å². The molecule has 0 radical (unpaired) electrons. The number of ether oxygens (including phenoxy) is 1. The first kappa shape index (κ1) is 19.2. The molecule has 0 aliphatic heterocycles. The summed E-state index contributed by atoms with van der Waals surface area (Å²) < 4.78 is 46.4. The molecule has 2 aromatic rings. The molecule has 0 atom stereocenters. The maximum Gasteiger partial charge on any atom is 0.264 e. The Morgan fingerprint density at radius 3 is 2.40 bits per heavy atom. The molecule has 0 fully saturated rings. The van der Waals surface area contributed by atoms with E-state index in [1.165, 1.54) is 16.4 Å². The fourth-order valence-corrected chi connectivity index (χ4v) is 4.41. The summed E-state index contributed by atoms with van der Waals surface area (Å²) in [6.45, 7) is 4.75. The van der Waals surface area contributed by atoms with Crippen molar-refractivity contribution < 1.29 is 22.7 Å². The molecule has 0 saturated heterocycles. The van der Waals surface area contributed by atoms with Crippen molar-refractivity contribution >= 4 is 15.7 Å². The lowest BCUT2D eigenvalue weighted by molar-refractivity contribution is 0.275. The zero-order chi connectivity index (χ0) is 18.8. The average molecular weight is 367 g/mol. The van der Waals surface area contributed by atoms with Crippen molar-refractivity contribution in [2.45, 2.75) is 38.3 Å². The van der Waals surface area contributed by atoms with Gasteiger partial charge in [-0.2, -0.15) is 0 Å². The molecule has 1 N–H and O–H groups in total. The van der Waals surface area contributed by atoms with Crippen LogP contribution in [0.4, 0.5) is 10.1 Å². The normalized spacial score (nSPS) is 11.6. The highest BCUT2D eigenvalue weighted by atomic mass is 32.2. The first-order valence-corrected chi connectivity index (χ1v) is 9.24. The van der Waals surface area contributed by atoms with Gasteiger partial charge in [0, 0.05) is 11.6 Å². The summed E-state index contributed by atoms with van der Waals surface area (Å²) in [5, 5.41) is 9.21. The van der Waals surface area contributed by atoms with Crippen LogP contribution in [-0.2, 0) is 16.6 Å². The minimum absolute atomic E-state index is 0.0590. The molecule has 25 heavy (non-hydrogen) atoms. The number of hydrogen-bond donors (Lipinski definition) is 1. The van der Waals surface area contributed by atoms with Crippen molar-refractivity contribution in [1.82, 2.24) is 0 Å². The molecule has 0 unspecified atom stereocenters. The summed E-state index contributed by atoms with van der Waals surface area (Å²) in [6, 6.07) is 8.19. The highest BCUT2D eigenvalue weighted by molar-refractivity contribution is 7.92. The van der Waals surface area contributed by atoms with Crippen LogP contribution in [0.2, 0.25) is 0 Å². The Kier molecular flexibility index (Phi) is 5.69. The van der Waals surface area contributed by atoms with Crippen molar-refractivity contribution in [2.75, 3.05) is 11.4 Å². The van der Waals surface area contributed by atoms with Gasteiger partial charge in [-0.1, -0.05) is 0 Å². The van der Waals surface area contributed by atoms with E-state index in [1.807, 2.05) is 0 Å². The number of rotatable bonds is 6. The largest absolute Gasteiger partial charge is 0.497 e. The maximum absolute atomic E-state index is 13.6. The van der Waals surface area contributed by atoms with Gasteiger partial charge in [0.2, 0.25) is 0 Å². The first-order valence-electron chi connectivity index (χ1n) is 7.80. The molecule has 0 amide bonds. The molecule has 0 bridgehead atoms. The number of aliphatic hydroxyl groups excluding tert-OH is 1. The Hall–Kier alpha value is -2.12. The van der Waals surface area contributed by atoms with E-state index in [9.17, 15) is 17.9 Å². The van der Waals surface area contributed by atoms with Crippen molar-refractivity contribution in [3.63, 3.8) is 0 Å². The van der Waals surface area contributed by atoms with E-state index >= 15 is 0 Å². The van der Waals surface area contributed by atoms with Crippen LogP contribution in [0.1, 0.15) is 25.0 Å². The molecular formula is C18H22FNO4S. The SMILES string of the molecule is COc1ccc(N(C(C)C)S(=O)(=O)c2ccc(F)c(CO)c2)c(C)c1. The van der Waals surface area contributed by atoms with E-state index in [0.717, 1.165) is 11.6 Å². The Bertz CT molecular complexity index is 865. The van der Waals surface area contributed by atoms with Gasteiger partial charge in [-0.15, -0.1) is 0 Å². The first-order chi connectivity index (χ1) is 11.7. The standard InChI is InChI=1S/C18H22FNO4S/c1-12(2)20(18-8-5-15(24-4)9-13(18)3)25(22,23)16-6-7-17(19)14(10-16)11-21/h5-10,12,21H,11H2,1-4H3. The number of halogens is 1. The average Bonchev–Trinajstić information content (AvgIpc) is 2.56. The van der Waals surface area contributed by atoms with Crippen molar-refractivity contribution in [1.29, 1.82) is 0 Å². The number of hydrogen-bond acceptors (Lipinski definition) is 4. The van der Waals surface area contributed by atoms with Crippen LogP contribution in [0.5, 0.6) is 5.75 Å². The molecule has 0 aromatic heterocycles. The lowest BCUT2D eigenvalue weighted by atomic mass is 10.2. The van der Waals surface area contributed by atoms with E-state index < -0.39 is 22.4 Å². The third-order valence-corrected chi connectivity index (χ3v) is 5.84. The van der Waals surface area contributed by atoms with Gasteiger partial charge in [-0.05, 0) is 62.7 Å². The topological polar surface area (TPSA) is 66.8 Å². The van der Waals surface area contributed by atoms with Gasteiger partial charge in [-0.25, -0.2) is 12.8 Å². The van der Waals surface area contributed by atoms with Crippen molar-refractivity contribution in [3.8, 4) is 5.75 Å². The third kappa shape index (κ3) is 3.77. The molecule has 5 nitrogen and oxygen atoms in total. The highest BCUT2D eigenvalue weighted by Crippen LogP contribution is 2.31. The Morgan fingerprint density at radius 2 is 1.88 bits per heavy atom. The molecular weight excluding hydrogens is 345 g/mol. The van der Waals surface area contributed by atoms with E-state index in [1.54, 1.807) is 46.1 Å². The Balaban J connectivity index is 2.60. The number of methoxy groups -OCH3 is 1. The fraction of sp³-hybridized carbons (Fsp3) is 0.333. The number of aryl methyl sites for hydroxylation is 1. The zero-order valence-electron chi connectivity index (χ0n) is 14.7. The summed E-state index contributed by atoms with van der Waals surface area (Å²) in [5.74, 6) is -0.00937. The van der Waals surface area contributed by atoms with Crippen LogP contribution in [0.25, 0.3) is 0 Å². The Morgan fingerprint density at radius 1 is 1.20 bits per heavy atom. The summed E-state index contributed by atoms with van der Waals surface area (Å²) in [7, 11) is -2.39. The molecule has 136 valence electrons. The Labute approximate surface area is 147 Å².